The predicted molar refractivity (Wildman–Crippen MR) is 64.9 cm³/mol. The first-order valence-corrected chi connectivity index (χ1v) is 5.29. The SMILES string of the molecule is COCC(C)N(C)Cc1cccc(NN)n1. The maximum absolute atomic E-state index is 5.31. The number of pyridine rings is 1. The molecule has 0 aromatic carbocycles. The minimum Gasteiger partial charge on any atom is -0.383 e. The van der Waals surface area contributed by atoms with Gasteiger partial charge in [-0.1, -0.05) is 6.07 Å². The highest BCUT2D eigenvalue weighted by molar-refractivity contribution is 5.33. The summed E-state index contributed by atoms with van der Waals surface area (Å²) in [5.74, 6) is 6.00. The van der Waals surface area contributed by atoms with Gasteiger partial charge in [-0.15, -0.1) is 0 Å². The molecule has 16 heavy (non-hydrogen) atoms. The van der Waals surface area contributed by atoms with Crippen LogP contribution in [0.25, 0.3) is 0 Å². The van der Waals surface area contributed by atoms with Gasteiger partial charge in [0.1, 0.15) is 5.82 Å². The highest BCUT2D eigenvalue weighted by Gasteiger charge is 2.09. The van der Waals surface area contributed by atoms with Gasteiger partial charge < -0.3 is 10.2 Å². The molecule has 1 aromatic heterocycles. The standard InChI is InChI=1S/C11H20N4O/c1-9(8-16-3)15(2)7-10-5-4-6-11(13-10)14-12/h4-6,9H,7-8,12H2,1-3H3,(H,13,14). The molecule has 0 saturated carbocycles. The number of aromatic nitrogens is 1. The van der Waals surface area contributed by atoms with Crippen molar-refractivity contribution in [3.8, 4) is 0 Å². The van der Waals surface area contributed by atoms with E-state index < -0.39 is 0 Å². The number of hydrogen-bond donors (Lipinski definition) is 2. The van der Waals surface area contributed by atoms with Crippen molar-refractivity contribution in [2.24, 2.45) is 5.84 Å². The van der Waals surface area contributed by atoms with E-state index in [0.29, 0.717) is 18.5 Å². The Morgan fingerprint density at radius 2 is 2.31 bits per heavy atom. The number of ether oxygens (including phenoxy) is 1. The third-order valence-corrected chi connectivity index (χ3v) is 2.53. The number of likely N-dealkylation sites (N-methyl/N-ethyl adjacent to an activating group) is 1. The van der Waals surface area contributed by atoms with Crippen molar-refractivity contribution in [2.45, 2.75) is 19.5 Å². The highest BCUT2D eigenvalue weighted by atomic mass is 16.5. The molecular weight excluding hydrogens is 204 g/mol. The summed E-state index contributed by atoms with van der Waals surface area (Å²) in [7, 11) is 3.76. The first-order valence-electron chi connectivity index (χ1n) is 5.29. The summed E-state index contributed by atoms with van der Waals surface area (Å²) >= 11 is 0. The van der Waals surface area contributed by atoms with Crippen LogP contribution < -0.4 is 11.3 Å². The van der Waals surface area contributed by atoms with E-state index >= 15 is 0 Å². The van der Waals surface area contributed by atoms with E-state index in [-0.39, 0.29) is 0 Å². The third kappa shape index (κ3) is 3.77. The van der Waals surface area contributed by atoms with E-state index in [1.165, 1.54) is 0 Å². The molecule has 1 rings (SSSR count). The summed E-state index contributed by atoms with van der Waals surface area (Å²) in [5, 5.41) is 0. The quantitative estimate of drug-likeness (QED) is 0.553. The lowest BCUT2D eigenvalue weighted by atomic mass is 10.2. The van der Waals surface area contributed by atoms with Crippen LogP contribution in [0.5, 0.6) is 0 Å². The maximum atomic E-state index is 5.31. The van der Waals surface area contributed by atoms with Gasteiger partial charge in [0, 0.05) is 19.7 Å². The largest absolute Gasteiger partial charge is 0.383 e. The molecular formula is C11H20N4O. The van der Waals surface area contributed by atoms with Crippen LogP contribution in [-0.4, -0.2) is 36.7 Å². The van der Waals surface area contributed by atoms with Crippen LogP contribution in [0.3, 0.4) is 0 Å². The summed E-state index contributed by atoms with van der Waals surface area (Å²) in [6.45, 7) is 3.61. The Bertz CT molecular complexity index is 319. The molecule has 3 N–H and O–H groups in total. The third-order valence-electron chi connectivity index (χ3n) is 2.53. The molecule has 1 aromatic rings. The fourth-order valence-corrected chi connectivity index (χ4v) is 1.43. The number of rotatable bonds is 6. The van der Waals surface area contributed by atoms with Crippen LogP contribution in [0.4, 0.5) is 5.82 Å². The Morgan fingerprint density at radius 1 is 1.56 bits per heavy atom. The zero-order valence-corrected chi connectivity index (χ0v) is 10.1. The number of anilines is 1. The van der Waals surface area contributed by atoms with Crippen molar-refractivity contribution in [1.82, 2.24) is 9.88 Å². The Kier molecular flexibility index (Phi) is 5.18. The monoisotopic (exact) mass is 224 g/mol. The van der Waals surface area contributed by atoms with Gasteiger partial charge in [-0.2, -0.15) is 0 Å². The van der Waals surface area contributed by atoms with Crippen LogP contribution in [0.2, 0.25) is 0 Å². The zero-order chi connectivity index (χ0) is 12.0. The minimum absolute atomic E-state index is 0.362. The number of nitrogens with two attached hydrogens (primary N) is 1. The Morgan fingerprint density at radius 3 is 2.94 bits per heavy atom. The fourth-order valence-electron chi connectivity index (χ4n) is 1.43. The number of hydrogen-bond acceptors (Lipinski definition) is 5. The summed E-state index contributed by atoms with van der Waals surface area (Å²) < 4.78 is 5.11. The number of methoxy groups -OCH3 is 1. The van der Waals surface area contributed by atoms with Crippen molar-refractivity contribution in [3.05, 3.63) is 23.9 Å². The minimum atomic E-state index is 0.362. The van der Waals surface area contributed by atoms with Crippen molar-refractivity contribution in [2.75, 3.05) is 26.2 Å². The Labute approximate surface area is 96.6 Å². The molecule has 0 aliphatic carbocycles. The smallest absolute Gasteiger partial charge is 0.140 e. The number of hydrazine groups is 1. The van der Waals surface area contributed by atoms with Gasteiger partial charge in [-0.05, 0) is 26.1 Å². The van der Waals surface area contributed by atoms with Crippen LogP contribution in [0.1, 0.15) is 12.6 Å². The molecule has 0 radical (unpaired) electrons. The van der Waals surface area contributed by atoms with Crippen LogP contribution in [-0.2, 0) is 11.3 Å². The van der Waals surface area contributed by atoms with E-state index in [1.54, 1.807) is 7.11 Å². The Balaban J connectivity index is 2.58. The van der Waals surface area contributed by atoms with Gasteiger partial charge in [-0.25, -0.2) is 10.8 Å². The topological polar surface area (TPSA) is 63.4 Å². The fraction of sp³-hybridized carbons (Fsp3) is 0.545. The van der Waals surface area contributed by atoms with Crippen molar-refractivity contribution >= 4 is 5.82 Å². The van der Waals surface area contributed by atoms with E-state index in [1.807, 2.05) is 25.2 Å². The number of nitrogens with one attached hydrogen (secondary N) is 1. The van der Waals surface area contributed by atoms with Crippen molar-refractivity contribution in [1.29, 1.82) is 0 Å². The molecule has 0 bridgehead atoms. The van der Waals surface area contributed by atoms with Gasteiger partial charge in [0.05, 0.1) is 12.3 Å². The second-order valence-corrected chi connectivity index (χ2v) is 3.88. The molecule has 5 heteroatoms. The lowest BCUT2D eigenvalue weighted by Gasteiger charge is -2.23. The molecule has 1 heterocycles. The van der Waals surface area contributed by atoms with Crippen LogP contribution in [0, 0.1) is 0 Å². The first-order chi connectivity index (χ1) is 7.67. The van der Waals surface area contributed by atoms with Gasteiger partial charge in [-0.3, -0.25) is 4.90 Å². The van der Waals surface area contributed by atoms with Crippen LogP contribution >= 0.6 is 0 Å². The summed E-state index contributed by atoms with van der Waals surface area (Å²) in [6, 6.07) is 6.12. The second-order valence-electron chi connectivity index (χ2n) is 3.88. The Hall–Kier alpha value is -1.17. The van der Waals surface area contributed by atoms with E-state index in [4.69, 9.17) is 10.6 Å². The molecule has 0 aliphatic heterocycles. The predicted octanol–water partition coefficient (Wildman–Crippen LogP) is 0.834. The molecule has 5 nitrogen and oxygen atoms in total. The summed E-state index contributed by atoms with van der Waals surface area (Å²) in [5.41, 5.74) is 3.53. The molecule has 0 aliphatic rings. The average molecular weight is 224 g/mol. The highest BCUT2D eigenvalue weighted by Crippen LogP contribution is 2.07. The average Bonchev–Trinajstić information content (AvgIpc) is 2.29. The molecule has 0 amide bonds. The summed E-state index contributed by atoms with van der Waals surface area (Å²) in [6.07, 6.45) is 0. The van der Waals surface area contributed by atoms with Gasteiger partial charge in [0.2, 0.25) is 0 Å². The van der Waals surface area contributed by atoms with Crippen molar-refractivity contribution in [3.63, 3.8) is 0 Å². The molecule has 1 unspecified atom stereocenters. The second kappa shape index (κ2) is 6.42. The van der Waals surface area contributed by atoms with Gasteiger partial charge in [0.15, 0.2) is 0 Å². The van der Waals surface area contributed by atoms with Gasteiger partial charge >= 0.3 is 0 Å². The maximum Gasteiger partial charge on any atom is 0.140 e. The molecule has 90 valence electrons. The normalized spacial score (nSPS) is 12.8. The van der Waals surface area contributed by atoms with Crippen LogP contribution in [0.15, 0.2) is 18.2 Å². The van der Waals surface area contributed by atoms with E-state index in [0.717, 1.165) is 12.2 Å². The molecule has 0 spiro atoms. The number of nitrogen functional groups attached to an aromatic ring is 1. The van der Waals surface area contributed by atoms with E-state index in [2.05, 4.69) is 22.2 Å². The lowest BCUT2D eigenvalue weighted by molar-refractivity contribution is 0.111. The molecule has 0 fully saturated rings. The zero-order valence-electron chi connectivity index (χ0n) is 10.1. The molecule has 0 saturated heterocycles. The molecule has 1 atom stereocenters. The summed E-state index contributed by atoms with van der Waals surface area (Å²) in [4.78, 5) is 6.54. The number of nitrogens with zero attached hydrogens (tertiary/aromatic N) is 2. The van der Waals surface area contributed by atoms with Crippen molar-refractivity contribution < 1.29 is 4.74 Å². The lowest BCUT2D eigenvalue weighted by Crippen LogP contribution is -2.32. The van der Waals surface area contributed by atoms with E-state index in [9.17, 15) is 0 Å². The first kappa shape index (κ1) is 12.9. The van der Waals surface area contributed by atoms with Gasteiger partial charge in [0.25, 0.3) is 0 Å².